The summed E-state index contributed by atoms with van der Waals surface area (Å²) in [5.41, 5.74) is 6.60. The second kappa shape index (κ2) is 4.66. The van der Waals surface area contributed by atoms with Gasteiger partial charge in [-0.1, -0.05) is 6.58 Å². The average Bonchev–Trinajstić information content (AvgIpc) is 2.04. The lowest BCUT2D eigenvalue weighted by molar-refractivity contribution is 0.237. The summed E-state index contributed by atoms with van der Waals surface area (Å²) >= 11 is 0. The molecule has 0 aromatic heterocycles. The zero-order chi connectivity index (χ0) is 9.84. The van der Waals surface area contributed by atoms with Gasteiger partial charge in [0.25, 0.3) is 0 Å². The van der Waals surface area contributed by atoms with Gasteiger partial charge in [-0.3, -0.25) is 0 Å². The average molecular weight is 182 g/mol. The second-order valence-electron chi connectivity index (χ2n) is 4.55. The van der Waals surface area contributed by atoms with Crippen LogP contribution in [0.15, 0.2) is 12.3 Å². The smallest absolute Gasteiger partial charge is 0.00390 e. The third-order valence-corrected chi connectivity index (χ3v) is 2.99. The Bertz CT molecular complexity index is 167. The molecule has 76 valence electrons. The van der Waals surface area contributed by atoms with Crippen LogP contribution in [0.2, 0.25) is 0 Å². The van der Waals surface area contributed by atoms with Crippen molar-refractivity contribution in [2.75, 3.05) is 20.6 Å². The van der Waals surface area contributed by atoms with E-state index in [4.69, 9.17) is 5.73 Å². The number of nitrogens with zero attached hydrogens (tertiary/aromatic N) is 1. The molecule has 0 radical (unpaired) electrons. The minimum absolute atomic E-state index is 0.596. The molecule has 1 rings (SSSR count). The second-order valence-corrected chi connectivity index (χ2v) is 4.55. The molecular weight excluding hydrogens is 160 g/mol. The van der Waals surface area contributed by atoms with Crippen LogP contribution in [-0.2, 0) is 0 Å². The fourth-order valence-corrected chi connectivity index (χ4v) is 2.23. The summed E-state index contributed by atoms with van der Waals surface area (Å²) in [6.07, 6.45) is 5.12. The van der Waals surface area contributed by atoms with E-state index in [0.717, 1.165) is 11.6 Å². The Balaban J connectivity index is 2.26. The number of rotatable bonds is 3. The SMILES string of the molecule is C=C(N)C1CCC(CN(C)C)CC1. The number of allylic oxidation sites excluding steroid dienone is 1. The number of hydrogen-bond acceptors (Lipinski definition) is 2. The highest BCUT2D eigenvalue weighted by atomic mass is 15.1. The van der Waals surface area contributed by atoms with Crippen molar-refractivity contribution >= 4 is 0 Å². The lowest BCUT2D eigenvalue weighted by atomic mass is 9.81. The standard InChI is InChI=1S/C11H22N2/c1-9(12)11-6-4-10(5-7-11)8-13(2)3/h10-11H,1,4-8,12H2,2-3H3. The largest absolute Gasteiger partial charge is 0.402 e. The van der Waals surface area contributed by atoms with Crippen molar-refractivity contribution in [1.82, 2.24) is 4.90 Å². The maximum Gasteiger partial charge on any atom is 0.00390 e. The Kier molecular flexibility index (Phi) is 3.79. The molecule has 0 aromatic rings. The molecule has 0 heterocycles. The van der Waals surface area contributed by atoms with Crippen molar-refractivity contribution < 1.29 is 0 Å². The van der Waals surface area contributed by atoms with Crippen molar-refractivity contribution in [2.24, 2.45) is 17.6 Å². The first kappa shape index (κ1) is 10.6. The Labute approximate surface area is 81.8 Å². The minimum atomic E-state index is 0.596. The normalized spacial score (nSPS) is 29.2. The molecule has 0 saturated heterocycles. The summed E-state index contributed by atoms with van der Waals surface area (Å²) in [5, 5.41) is 0. The molecule has 2 N–H and O–H groups in total. The van der Waals surface area contributed by atoms with Gasteiger partial charge in [-0.05, 0) is 51.6 Å². The first-order valence-corrected chi connectivity index (χ1v) is 5.18. The fourth-order valence-electron chi connectivity index (χ4n) is 2.23. The van der Waals surface area contributed by atoms with E-state index in [-0.39, 0.29) is 0 Å². The van der Waals surface area contributed by atoms with Crippen molar-refractivity contribution in [2.45, 2.75) is 25.7 Å². The van der Waals surface area contributed by atoms with E-state index in [1.165, 1.54) is 32.2 Å². The zero-order valence-corrected chi connectivity index (χ0v) is 8.92. The van der Waals surface area contributed by atoms with Gasteiger partial charge in [-0.2, -0.15) is 0 Å². The van der Waals surface area contributed by atoms with Gasteiger partial charge >= 0.3 is 0 Å². The van der Waals surface area contributed by atoms with Crippen LogP contribution in [0, 0.1) is 11.8 Å². The lowest BCUT2D eigenvalue weighted by Gasteiger charge is -2.30. The van der Waals surface area contributed by atoms with Crippen LogP contribution in [0.25, 0.3) is 0 Å². The van der Waals surface area contributed by atoms with Gasteiger partial charge in [0.1, 0.15) is 0 Å². The topological polar surface area (TPSA) is 29.3 Å². The van der Waals surface area contributed by atoms with E-state index in [0.29, 0.717) is 5.92 Å². The van der Waals surface area contributed by atoms with Gasteiger partial charge in [-0.25, -0.2) is 0 Å². The molecular formula is C11H22N2. The van der Waals surface area contributed by atoms with Crippen LogP contribution < -0.4 is 5.73 Å². The van der Waals surface area contributed by atoms with Crippen LogP contribution >= 0.6 is 0 Å². The van der Waals surface area contributed by atoms with E-state index < -0.39 is 0 Å². The highest BCUT2D eigenvalue weighted by molar-refractivity contribution is 4.96. The summed E-state index contributed by atoms with van der Waals surface area (Å²) in [5.74, 6) is 1.48. The third kappa shape index (κ3) is 3.39. The number of nitrogens with two attached hydrogens (primary N) is 1. The van der Waals surface area contributed by atoms with E-state index in [2.05, 4.69) is 25.6 Å². The van der Waals surface area contributed by atoms with Crippen molar-refractivity contribution in [1.29, 1.82) is 0 Å². The van der Waals surface area contributed by atoms with E-state index in [1.807, 2.05) is 0 Å². The van der Waals surface area contributed by atoms with Gasteiger partial charge < -0.3 is 10.6 Å². The summed E-state index contributed by atoms with van der Waals surface area (Å²) in [6.45, 7) is 5.06. The molecule has 13 heavy (non-hydrogen) atoms. The van der Waals surface area contributed by atoms with Gasteiger partial charge in [0.05, 0.1) is 0 Å². The molecule has 2 heteroatoms. The molecule has 0 aliphatic heterocycles. The minimum Gasteiger partial charge on any atom is -0.402 e. The van der Waals surface area contributed by atoms with Crippen LogP contribution in [0.1, 0.15) is 25.7 Å². The predicted octanol–water partition coefficient (Wildman–Crippen LogP) is 1.83. The van der Waals surface area contributed by atoms with E-state index in [9.17, 15) is 0 Å². The monoisotopic (exact) mass is 182 g/mol. The molecule has 1 saturated carbocycles. The summed E-state index contributed by atoms with van der Waals surface area (Å²) < 4.78 is 0. The van der Waals surface area contributed by atoms with E-state index in [1.54, 1.807) is 0 Å². The molecule has 0 aromatic carbocycles. The van der Waals surface area contributed by atoms with E-state index >= 15 is 0 Å². The van der Waals surface area contributed by atoms with Gasteiger partial charge in [0, 0.05) is 12.2 Å². The predicted molar refractivity (Wildman–Crippen MR) is 57.3 cm³/mol. The highest BCUT2D eigenvalue weighted by Crippen LogP contribution is 2.31. The summed E-state index contributed by atoms with van der Waals surface area (Å²) in [4.78, 5) is 2.28. The molecule has 0 unspecified atom stereocenters. The van der Waals surface area contributed by atoms with Crippen molar-refractivity contribution in [3.05, 3.63) is 12.3 Å². The van der Waals surface area contributed by atoms with Crippen molar-refractivity contribution in [3.63, 3.8) is 0 Å². The van der Waals surface area contributed by atoms with Gasteiger partial charge in [0.15, 0.2) is 0 Å². The quantitative estimate of drug-likeness (QED) is 0.721. The maximum absolute atomic E-state index is 5.71. The molecule has 0 spiro atoms. The molecule has 2 nitrogen and oxygen atoms in total. The molecule has 0 bridgehead atoms. The van der Waals surface area contributed by atoms with Crippen LogP contribution in [-0.4, -0.2) is 25.5 Å². The Morgan fingerprint density at radius 3 is 2.23 bits per heavy atom. The van der Waals surface area contributed by atoms with Crippen LogP contribution in [0.5, 0.6) is 0 Å². The third-order valence-electron chi connectivity index (χ3n) is 2.99. The Hall–Kier alpha value is -0.500. The molecule has 1 fully saturated rings. The van der Waals surface area contributed by atoms with Crippen LogP contribution in [0.3, 0.4) is 0 Å². The van der Waals surface area contributed by atoms with Gasteiger partial charge in [0.2, 0.25) is 0 Å². The maximum atomic E-state index is 5.71. The Morgan fingerprint density at radius 1 is 1.31 bits per heavy atom. The lowest BCUT2D eigenvalue weighted by Crippen LogP contribution is -2.27. The molecule has 0 amide bonds. The first-order valence-electron chi connectivity index (χ1n) is 5.18. The van der Waals surface area contributed by atoms with Gasteiger partial charge in [-0.15, -0.1) is 0 Å². The summed E-state index contributed by atoms with van der Waals surface area (Å²) in [7, 11) is 4.29. The van der Waals surface area contributed by atoms with Crippen LogP contribution in [0.4, 0.5) is 0 Å². The molecule has 1 aliphatic carbocycles. The Morgan fingerprint density at radius 2 is 1.85 bits per heavy atom. The zero-order valence-electron chi connectivity index (χ0n) is 8.92. The highest BCUT2D eigenvalue weighted by Gasteiger charge is 2.21. The number of hydrogen-bond donors (Lipinski definition) is 1. The first-order chi connectivity index (χ1) is 6.09. The molecule has 0 atom stereocenters. The fraction of sp³-hybridized carbons (Fsp3) is 0.818. The summed E-state index contributed by atoms with van der Waals surface area (Å²) in [6, 6.07) is 0. The van der Waals surface area contributed by atoms with Crippen molar-refractivity contribution in [3.8, 4) is 0 Å². The molecule has 1 aliphatic rings.